The van der Waals surface area contributed by atoms with Crippen molar-refractivity contribution >= 4 is 5.76 Å². The Labute approximate surface area is 174 Å². The third-order valence-corrected chi connectivity index (χ3v) is 5.10. The van der Waals surface area contributed by atoms with Gasteiger partial charge in [0, 0.05) is 24.3 Å². The van der Waals surface area contributed by atoms with Gasteiger partial charge in [-0.15, -0.1) is 0 Å². The molecule has 2 heterocycles. The lowest BCUT2D eigenvalue weighted by molar-refractivity contribution is -0.147. The molecule has 1 aromatic rings. The molecule has 11 nitrogen and oxygen atoms in total. The number of hydrogen-bond acceptors (Lipinski definition) is 10. The lowest BCUT2D eigenvalue weighted by Gasteiger charge is -2.27. The van der Waals surface area contributed by atoms with Crippen LogP contribution in [0.15, 0.2) is 53.2 Å². The molecule has 0 bridgehead atoms. The van der Waals surface area contributed by atoms with Crippen molar-refractivity contribution in [3.63, 3.8) is 0 Å². The van der Waals surface area contributed by atoms with E-state index in [0.717, 1.165) is 18.2 Å². The minimum atomic E-state index is -1.51. The van der Waals surface area contributed by atoms with E-state index in [9.17, 15) is 40.9 Å². The highest BCUT2D eigenvalue weighted by Crippen LogP contribution is 2.41. The summed E-state index contributed by atoms with van der Waals surface area (Å²) < 4.78 is 15.4. The highest BCUT2D eigenvalue weighted by Gasteiger charge is 2.45. The van der Waals surface area contributed by atoms with Crippen LogP contribution in [0.2, 0.25) is 0 Å². The standard InChI is InChI=1S/C20H20O11/c21-6-15-17(27)18(28)20(31-15)30-14-5-9-10(23)3-8(22)4-13(9)29-19(14)7-1-11(24)16(26)12(25)2-7/h1-5,13,15,17-18,20-28H,6H2/p+1. The van der Waals surface area contributed by atoms with Gasteiger partial charge < -0.3 is 55.1 Å². The van der Waals surface area contributed by atoms with Crippen LogP contribution in [0.5, 0.6) is 17.2 Å². The second-order valence-corrected chi connectivity index (χ2v) is 7.20. The number of phenols is 3. The smallest absolute Gasteiger partial charge is 0.305 e. The van der Waals surface area contributed by atoms with Crippen molar-refractivity contribution in [2.45, 2.75) is 30.7 Å². The summed E-state index contributed by atoms with van der Waals surface area (Å²) in [5.74, 6) is -2.57. The van der Waals surface area contributed by atoms with Crippen molar-refractivity contribution in [3.05, 3.63) is 58.8 Å². The topological polar surface area (TPSA) is 193 Å². The maximum absolute atomic E-state index is 10.2. The van der Waals surface area contributed by atoms with E-state index < -0.39 is 54.6 Å². The number of aromatic hydroxyl groups is 3. The first-order chi connectivity index (χ1) is 14.7. The molecule has 9 N–H and O–H groups in total. The molecule has 1 aliphatic carbocycles. The number of allylic oxidation sites excluding steroid dienone is 2. The molecule has 0 amide bonds. The summed E-state index contributed by atoms with van der Waals surface area (Å²) in [7, 11) is 0. The largest absolute Gasteiger partial charge is 0.571 e. The molecular formula is C20H21O11+. The number of phenolic OH excluding ortho intramolecular Hbond substituents is 3. The zero-order valence-corrected chi connectivity index (χ0v) is 15.8. The molecule has 0 aromatic heterocycles. The van der Waals surface area contributed by atoms with Crippen LogP contribution < -0.4 is 0 Å². The molecule has 0 radical (unpaired) electrons. The van der Waals surface area contributed by atoms with Crippen LogP contribution in [-0.2, 0) is 9.47 Å². The van der Waals surface area contributed by atoms with Crippen molar-refractivity contribution in [2.24, 2.45) is 0 Å². The van der Waals surface area contributed by atoms with Gasteiger partial charge in [0.1, 0.15) is 29.8 Å². The Morgan fingerprint density at radius 3 is 2.26 bits per heavy atom. The highest BCUT2D eigenvalue weighted by atomic mass is 16.7. The molecule has 166 valence electrons. The van der Waals surface area contributed by atoms with Crippen LogP contribution >= 0.6 is 0 Å². The second-order valence-electron chi connectivity index (χ2n) is 7.20. The highest BCUT2D eigenvalue weighted by molar-refractivity contribution is 5.71. The lowest BCUT2D eigenvalue weighted by Crippen LogP contribution is -2.35. The van der Waals surface area contributed by atoms with E-state index in [4.69, 9.17) is 9.47 Å². The van der Waals surface area contributed by atoms with E-state index in [1.807, 2.05) is 0 Å². The number of aliphatic hydroxyl groups is 7. The quantitative estimate of drug-likeness (QED) is 0.228. The SMILES string of the molecule is OCC1OC(OC2=C(c3cc(O)c(O)c(O)c3)[OH+]C3C=C(O)C=C(O)C3=C2)C(O)C1O. The molecule has 1 saturated heterocycles. The molecule has 4 rings (SSSR count). The third kappa shape index (κ3) is 3.64. The van der Waals surface area contributed by atoms with Crippen molar-refractivity contribution < 1.29 is 55.1 Å². The second kappa shape index (κ2) is 7.71. The van der Waals surface area contributed by atoms with Gasteiger partial charge in [-0.2, -0.15) is 0 Å². The maximum atomic E-state index is 10.2. The molecule has 3 aliphatic rings. The number of fused-ring (bicyclic) bond motifs is 1. The molecule has 5 atom stereocenters. The molecule has 11 heteroatoms. The van der Waals surface area contributed by atoms with Gasteiger partial charge >= 0.3 is 5.76 Å². The summed E-state index contributed by atoms with van der Waals surface area (Å²) in [6, 6.07) is 2.21. The van der Waals surface area contributed by atoms with Crippen LogP contribution in [0.25, 0.3) is 5.76 Å². The Hall–Kier alpha value is -3.38. The average Bonchev–Trinajstić information content (AvgIpc) is 2.99. The van der Waals surface area contributed by atoms with Crippen molar-refractivity contribution in [1.82, 2.24) is 0 Å². The van der Waals surface area contributed by atoms with Crippen LogP contribution in [0.1, 0.15) is 5.56 Å². The molecule has 5 unspecified atom stereocenters. The predicted molar refractivity (Wildman–Crippen MR) is 103 cm³/mol. The fourth-order valence-corrected chi connectivity index (χ4v) is 3.49. The first kappa shape index (κ1) is 20.9. The maximum Gasteiger partial charge on any atom is 0.305 e. The molecule has 2 aliphatic heterocycles. The fourth-order valence-electron chi connectivity index (χ4n) is 3.49. The van der Waals surface area contributed by atoms with Gasteiger partial charge in [-0.05, 0) is 0 Å². The van der Waals surface area contributed by atoms with Gasteiger partial charge in [-0.1, -0.05) is 0 Å². The Bertz CT molecular complexity index is 999. The van der Waals surface area contributed by atoms with E-state index >= 15 is 0 Å². The Kier molecular flexibility index (Phi) is 5.19. The van der Waals surface area contributed by atoms with E-state index in [1.165, 1.54) is 12.2 Å². The summed E-state index contributed by atoms with van der Waals surface area (Å²) in [4.78, 5) is 0. The van der Waals surface area contributed by atoms with Crippen LogP contribution in [0.3, 0.4) is 0 Å². The summed E-state index contributed by atoms with van der Waals surface area (Å²) in [5, 5.41) is 78.8. The predicted octanol–water partition coefficient (Wildman–Crippen LogP) is -0.338. The van der Waals surface area contributed by atoms with E-state index in [1.54, 1.807) is 0 Å². The van der Waals surface area contributed by atoms with Crippen LogP contribution in [-0.4, -0.2) is 82.9 Å². The molecular weight excluding hydrogens is 416 g/mol. The van der Waals surface area contributed by atoms with Crippen molar-refractivity contribution in [1.29, 1.82) is 0 Å². The van der Waals surface area contributed by atoms with Gasteiger partial charge in [-0.3, -0.25) is 0 Å². The van der Waals surface area contributed by atoms with Crippen molar-refractivity contribution in [3.8, 4) is 17.2 Å². The van der Waals surface area contributed by atoms with Gasteiger partial charge in [0.2, 0.25) is 18.2 Å². The van der Waals surface area contributed by atoms with Gasteiger partial charge in [-0.25, -0.2) is 0 Å². The minimum Gasteiger partial charge on any atom is -0.571 e. The Balaban J connectivity index is 1.79. The molecule has 0 saturated carbocycles. The normalized spacial score (nSPS) is 30.2. The number of benzene rings is 1. The number of hydrogen-bond donors (Lipinski definition) is 8. The number of ether oxygens (including phenoxy) is 3. The number of rotatable bonds is 4. The first-order valence-corrected chi connectivity index (χ1v) is 9.22. The van der Waals surface area contributed by atoms with E-state index in [-0.39, 0.29) is 34.2 Å². The summed E-state index contributed by atoms with van der Waals surface area (Å²) in [6.07, 6.45) is -2.45. The summed E-state index contributed by atoms with van der Waals surface area (Å²) >= 11 is 0. The Morgan fingerprint density at radius 1 is 0.968 bits per heavy atom. The zero-order chi connectivity index (χ0) is 22.4. The molecule has 31 heavy (non-hydrogen) atoms. The van der Waals surface area contributed by atoms with Crippen LogP contribution in [0.4, 0.5) is 0 Å². The summed E-state index contributed by atoms with van der Waals surface area (Å²) in [6.45, 7) is -0.565. The van der Waals surface area contributed by atoms with E-state index in [2.05, 4.69) is 4.74 Å². The van der Waals surface area contributed by atoms with E-state index in [0.29, 0.717) is 0 Å². The first-order valence-electron chi connectivity index (χ1n) is 9.22. The van der Waals surface area contributed by atoms with Gasteiger partial charge in [0.15, 0.2) is 17.2 Å². The lowest BCUT2D eigenvalue weighted by atomic mass is 9.97. The fraction of sp³-hybridized carbons (Fsp3) is 0.300. The number of aliphatic hydroxyl groups excluding tert-OH is 5. The zero-order valence-electron chi connectivity index (χ0n) is 15.8. The van der Waals surface area contributed by atoms with Gasteiger partial charge in [0.25, 0.3) is 0 Å². The Morgan fingerprint density at radius 2 is 1.65 bits per heavy atom. The van der Waals surface area contributed by atoms with Gasteiger partial charge in [0.05, 0.1) is 23.8 Å². The summed E-state index contributed by atoms with van der Waals surface area (Å²) in [5.41, 5.74) is 0.349. The van der Waals surface area contributed by atoms with Crippen molar-refractivity contribution in [2.75, 3.05) is 6.61 Å². The average molecular weight is 437 g/mol. The molecule has 1 aromatic carbocycles. The minimum absolute atomic E-state index is 0.0239. The molecule has 1 fully saturated rings. The van der Waals surface area contributed by atoms with Crippen LogP contribution in [0, 0.1) is 0 Å². The third-order valence-electron chi connectivity index (χ3n) is 5.10. The monoisotopic (exact) mass is 437 g/mol. The molecule has 0 spiro atoms.